The van der Waals surface area contributed by atoms with Crippen LogP contribution in [0.2, 0.25) is 0 Å². The van der Waals surface area contributed by atoms with Gasteiger partial charge < -0.3 is 9.84 Å². The van der Waals surface area contributed by atoms with E-state index in [1.807, 2.05) is 31.2 Å². The summed E-state index contributed by atoms with van der Waals surface area (Å²) in [5.74, 6) is 0.944. The normalized spacial score (nSPS) is 12.1. The van der Waals surface area contributed by atoms with Crippen LogP contribution in [0.3, 0.4) is 0 Å². The molecule has 0 aliphatic rings. The molecule has 1 heterocycles. The van der Waals surface area contributed by atoms with Crippen LogP contribution in [0.1, 0.15) is 57.0 Å². The molecule has 0 saturated carbocycles. The monoisotopic (exact) mass is 301 g/mol. The minimum absolute atomic E-state index is 0.0865. The number of hydrogen-bond donors (Lipinski definition) is 1. The first-order chi connectivity index (χ1) is 10.6. The van der Waals surface area contributed by atoms with E-state index < -0.39 is 0 Å². The van der Waals surface area contributed by atoms with Gasteiger partial charge in [0.15, 0.2) is 0 Å². The fourth-order valence-electron chi connectivity index (χ4n) is 2.30. The highest BCUT2D eigenvalue weighted by atomic mass is 16.5. The number of hydrogen-bond acceptors (Lipinski definition) is 4. The Hall–Kier alpha value is -2.17. The number of unbranched alkanes of at least 4 members (excludes halogenated alkanes) is 2. The van der Waals surface area contributed by atoms with Gasteiger partial charge in [0.25, 0.3) is 0 Å². The van der Waals surface area contributed by atoms with Gasteiger partial charge in [-0.1, -0.05) is 61.2 Å². The van der Waals surface area contributed by atoms with E-state index >= 15 is 0 Å². The molecule has 0 saturated heterocycles. The summed E-state index contributed by atoms with van der Waals surface area (Å²) < 4.78 is 5.37. The number of aromatic nitrogens is 2. The molecule has 1 atom stereocenters. The van der Waals surface area contributed by atoms with Gasteiger partial charge in [-0.15, -0.1) is 0 Å². The SMILES string of the molecule is CCCCCC(NC(C)=O)c1nc(-c2ccc(C)cc2)no1. The highest BCUT2D eigenvalue weighted by molar-refractivity contribution is 5.73. The first-order valence-electron chi connectivity index (χ1n) is 7.78. The van der Waals surface area contributed by atoms with Gasteiger partial charge >= 0.3 is 0 Å². The van der Waals surface area contributed by atoms with Gasteiger partial charge in [-0.05, 0) is 13.3 Å². The van der Waals surface area contributed by atoms with E-state index in [0.717, 1.165) is 31.2 Å². The van der Waals surface area contributed by atoms with Gasteiger partial charge in [0.2, 0.25) is 17.6 Å². The first-order valence-corrected chi connectivity index (χ1v) is 7.78. The maximum atomic E-state index is 11.4. The third-order valence-electron chi connectivity index (χ3n) is 3.52. The Kier molecular flexibility index (Phi) is 5.69. The van der Waals surface area contributed by atoms with Gasteiger partial charge in [-0.2, -0.15) is 4.98 Å². The van der Waals surface area contributed by atoms with Crippen LogP contribution >= 0.6 is 0 Å². The largest absolute Gasteiger partial charge is 0.345 e. The summed E-state index contributed by atoms with van der Waals surface area (Å²) in [6.45, 7) is 5.69. The fourth-order valence-corrected chi connectivity index (χ4v) is 2.30. The van der Waals surface area contributed by atoms with Crippen molar-refractivity contribution >= 4 is 5.91 Å². The molecule has 118 valence electrons. The third kappa shape index (κ3) is 4.41. The molecule has 0 spiro atoms. The van der Waals surface area contributed by atoms with Crippen LogP contribution in [0.4, 0.5) is 0 Å². The minimum Gasteiger partial charge on any atom is -0.345 e. The molecule has 0 fully saturated rings. The summed E-state index contributed by atoms with van der Waals surface area (Å²) in [6, 6.07) is 7.74. The van der Waals surface area contributed by atoms with E-state index in [1.54, 1.807) is 0 Å². The molecule has 0 aliphatic carbocycles. The molecule has 5 nitrogen and oxygen atoms in total. The molecule has 1 aromatic heterocycles. The Morgan fingerprint density at radius 2 is 2.00 bits per heavy atom. The van der Waals surface area contributed by atoms with Crippen molar-refractivity contribution in [2.45, 2.75) is 52.5 Å². The van der Waals surface area contributed by atoms with Crippen molar-refractivity contribution in [1.82, 2.24) is 15.5 Å². The van der Waals surface area contributed by atoms with Crippen LogP contribution in [-0.2, 0) is 4.79 Å². The molecule has 2 rings (SSSR count). The number of benzene rings is 1. The molecule has 1 aromatic carbocycles. The number of rotatable bonds is 7. The number of aryl methyl sites for hydroxylation is 1. The lowest BCUT2D eigenvalue weighted by Crippen LogP contribution is -2.26. The summed E-state index contributed by atoms with van der Waals surface area (Å²) >= 11 is 0. The molecule has 22 heavy (non-hydrogen) atoms. The predicted molar refractivity (Wildman–Crippen MR) is 85.2 cm³/mol. The Bertz CT molecular complexity index is 605. The van der Waals surface area contributed by atoms with Crippen molar-refractivity contribution in [3.8, 4) is 11.4 Å². The van der Waals surface area contributed by atoms with Crippen LogP contribution in [0.25, 0.3) is 11.4 Å². The maximum Gasteiger partial charge on any atom is 0.249 e. The Labute approximate surface area is 131 Å². The quantitative estimate of drug-likeness (QED) is 0.790. The average molecular weight is 301 g/mol. The molecule has 0 aliphatic heterocycles. The van der Waals surface area contributed by atoms with Crippen molar-refractivity contribution < 1.29 is 9.32 Å². The van der Waals surface area contributed by atoms with Crippen LogP contribution in [-0.4, -0.2) is 16.0 Å². The van der Waals surface area contributed by atoms with Crippen molar-refractivity contribution in [3.63, 3.8) is 0 Å². The standard InChI is InChI=1S/C17H23N3O2/c1-4-5-6-7-15(18-13(3)21)17-19-16(20-22-17)14-10-8-12(2)9-11-14/h8-11,15H,4-7H2,1-3H3,(H,18,21). The van der Waals surface area contributed by atoms with Crippen molar-refractivity contribution in [1.29, 1.82) is 0 Å². The summed E-state index contributed by atoms with van der Waals surface area (Å²) in [4.78, 5) is 15.8. The van der Waals surface area contributed by atoms with Gasteiger partial charge in [0.05, 0.1) is 0 Å². The minimum atomic E-state index is -0.212. The summed E-state index contributed by atoms with van der Waals surface area (Å²) in [5.41, 5.74) is 2.10. The van der Waals surface area contributed by atoms with Crippen LogP contribution in [0, 0.1) is 6.92 Å². The molecular weight excluding hydrogens is 278 g/mol. The van der Waals surface area contributed by atoms with E-state index in [4.69, 9.17) is 4.52 Å². The third-order valence-corrected chi connectivity index (χ3v) is 3.52. The molecule has 0 bridgehead atoms. The highest BCUT2D eigenvalue weighted by Gasteiger charge is 2.20. The van der Waals surface area contributed by atoms with Gasteiger partial charge in [-0.3, -0.25) is 4.79 Å². The van der Waals surface area contributed by atoms with Crippen LogP contribution in [0.5, 0.6) is 0 Å². The molecule has 5 heteroatoms. The summed E-state index contributed by atoms with van der Waals surface area (Å²) in [6.07, 6.45) is 4.08. The van der Waals surface area contributed by atoms with Gasteiger partial charge in [-0.25, -0.2) is 0 Å². The van der Waals surface area contributed by atoms with Crippen molar-refractivity contribution in [2.24, 2.45) is 0 Å². The maximum absolute atomic E-state index is 11.4. The van der Waals surface area contributed by atoms with E-state index in [2.05, 4.69) is 22.4 Å². The smallest absolute Gasteiger partial charge is 0.249 e. The zero-order valence-corrected chi connectivity index (χ0v) is 13.4. The predicted octanol–water partition coefficient (Wildman–Crippen LogP) is 3.80. The second-order valence-corrected chi connectivity index (χ2v) is 5.57. The summed E-state index contributed by atoms with van der Waals surface area (Å²) in [7, 11) is 0. The lowest BCUT2D eigenvalue weighted by molar-refractivity contribution is -0.119. The number of nitrogens with zero attached hydrogens (tertiary/aromatic N) is 2. The second kappa shape index (κ2) is 7.73. The number of amides is 1. The average Bonchev–Trinajstić information content (AvgIpc) is 2.96. The lowest BCUT2D eigenvalue weighted by atomic mass is 10.1. The second-order valence-electron chi connectivity index (χ2n) is 5.57. The van der Waals surface area contributed by atoms with Crippen molar-refractivity contribution in [2.75, 3.05) is 0 Å². The molecule has 2 aromatic rings. The van der Waals surface area contributed by atoms with E-state index in [1.165, 1.54) is 12.5 Å². The Morgan fingerprint density at radius 1 is 1.27 bits per heavy atom. The molecule has 1 N–H and O–H groups in total. The van der Waals surface area contributed by atoms with Gasteiger partial charge in [0.1, 0.15) is 6.04 Å². The number of carbonyl (C=O) groups is 1. The number of carbonyl (C=O) groups excluding carboxylic acids is 1. The van der Waals surface area contributed by atoms with E-state index in [-0.39, 0.29) is 11.9 Å². The zero-order valence-electron chi connectivity index (χ0n) is 13.4. The molecule has 1 unspecified atom stereocenters. The van der Waals surface area contributed by atoms with Crippen LogP contribution in [0.15, 0.2) is 28.8 Å². The van der Waals surface area contributed by atoms with Crippen LogP contribution < -0.4 is 5.32 Å². The van der Waals surface area contributed by atoms with E-state index in [9.17, 15) is 4.79 Å². The highest BCUT2D eigenvalue weighted by Crippen LogP contribution is 2.22. The summed E-state index contributed by atoms with van der Waals surface area (Å²) in [5, 5.41) is 6.93. The fraction of sp³-hybridized carbons (Fsp3) is 0.471. The molecule has 1 amide bonds. The first kappa shape index (κ1) is 16.2. The Balaban J connectivity index is 2.14. The van der Waals surface area contributed by atoms with Gasteiger partial charge in [0, 0.05) is 12.5 Å². The zero-order chi connectivity index (χ0) is 15.9. The molecular formula is C17H23N3O2. The van der Waals surface area contributed by atoms with Crippen molar-refractivity contribution in [3.05, 3.63) is 35.7 Å². The topological polar surface area (TPSA) is 68.0 Å². The molecule has 0 radical (unpaired) electrons. The van der Waals surface area contributed by atoms with E-state index in [0.29, 0.717) is 11.7 Å². The Morgan fingerprint density at radius 3 is 2.64 bits per heavy atom. The number of nitrogens with one attached hydrogen (secondary N) is 1. The lowest BCUT2D eigenvalue weighted by Gasteiger charge is -2.13.